The molecule has 0 aliphatic heterocycles. The maximum absolute atomic E-state index is 7.00. The van der Waals surface area contributed by atoms with E-state index in [0.29, 0.717) is 17.5 Å². The quantitative estimate of drug-likeness (QED) is 0.158. The van der Waals surface area contributed by atoms with E-state index >= 15 is 0 Å². The molecule has 0 radical (unpaired) electrons. The Morgan fingerprint density at radius 1 is 0.276 bits per heavy atom. The standard InChI is InChI=1S/C69H40N4O3/c1-3-15-41(16-4-1)42-29-31-43(32-30-42)67-70-68(45-33-35-50-49-20-8-11-26-58(49)75-62(50)40-45)72-69(71-67)55-24-14-28-61-63(55)56-39-44(34-38-60(56)74-61)47-36-37-53(66-64(47)54-21-9-12-27-59(54)76-66)52-23-13-22-51-48-19-7-10-25-57(48)73(65(51)52)46-17-5-2-6-18-46/h1-40H. The molecule has 0 atom stereocenters. The van der Waals surface area contributed by atoms with Crippen LogP contribution in [0.5, 0.6) is 0 Å². The Kier molecular flexibility index (Phi) is 9.20. The van der Waals surface area contributed by atoms with Gasteiger partial charge in [-0.2, -0.15) is 0 Å². The summed E-state index contributed by atoms with van der Waals surface area (Å²) in [5, 5.41) is 8.45. The van der Waals surface area contributed by atoms with Crippen molar-refractivity contribution in [1.29, 1.82) is 0 Å². The Morgan fingerprint density at radius 2 is 0.842 bits per heavy atom. The smallest absolute Gasteiger partial charge is 0.164 e. The van der Waals surface area contributed by atoms with Gasteiger partial charge in [-0.3, -0.25) is 0 Å². The first-order chi connectivity index (χ1) is 37.7. The van der Waals surface area contributed by atoms with Crippen molar-refractivity contribution in [3.05, 3.63) is 243 Å². The summed E-state index contributed by atoms with van der Waals surface area (Å²) in [6.45, 7) is 0. The van der Waals surface area contributed by atoms with E-state index in [1.165, 1.54) is 10.8 Å². The molecule has 0 saturated carbocycles. The molecule has 16 aromatic rings. The number of hydrogen-bond donors (Lipinski definition) is 0. The molecule has 0 N–H and O–H groups in total. The van der Waals surface area contributed by atoms with E-state index in [2.05, 4.69) is 199 Å². The molecule has 354 valence electrons. The molecule has 0 saturated heterocycles. The summed E-state index contributed by atoms with van der Waals surface area (Å²) in [4.78, 5) is 15.7. The summed E-state index contributed by atoms with van der Waals surface area (Å²) < 4.78 is 22.5. The lowest BCUT2D eigenvalue weighted by Gasteiger charge is -2.13. The van der Waals surface area contributed by atoms with Gasteiger partial charge in [0.1, 0.15) is 33.5 Å². The molecule has 0 bridgehead atoms. The predicted octanol–water partition coefficient (Wildman–Crippen LogP) is 18.7. The third kappa shape index (κ3) is 6.52. The van der Waals surface area contributed by atoms with Crippen LogP contribution in [0.1, 0.15) is 0 Å². The second-order valence-electron chi connectivity index (χ2n) is 19.4. The fourth-order valence-electron chi connectivity index (χ4n) is 11.6. The van der Waals surface area contributed by atoms with Crippen LogP contribution in [0.15, 0.2) is 256 Å². The van der Waals surface area contributed by atoms with Gasteiger partial charge in [-0.25, -0.2) is 15.0 Å². The van der Waals surface area contributed by atoms with Crippen LogP contribution in [0.25, 0.3) is 161 Å². The first-order valence-corrected chi connectivity index (χ1v) is 25.5. The molecule has 5 heterocycles. The lowest BCUT2D eigenvalue weighted by Crippen LogP contribution is -2.00. The van der Waals surface area contributed by atoms with Crippen molar-refractivity contribution in [1.82, 2.24) is 19.5 Å². The summed E-state index contributed by atoms with van der Waals surface area (Å²) in [7, 11) is 0. The fourth-order valence-corrected chi connectivity index (χ4v) is 11.6. The van der Waals surface area contributed by atoms with Crippen LogP contribution in [-0.2, 0) is 0 Å². The van der Waals surface area contributed by atoms with Gasteiger partial charge in [0.2, 0.25) is 0 Å². The van der Waals surface area contributed by atoms with Gasteiger partial charge >= 0.3 is 0 Å². The minimum Gasteiger partial charge on any atom is -0.456 e. The molecule has 7 nitrogen and oxygen atoms in total. The average Bonchev–Trinajstić information content (AvgIpc) is 4.27. The molecule has 0 spiro atoms. The molecular formula is C69H40N4O3. The molecule has 76 heavy (non-hydrogen) atoms. The summed E-state index contributed by atoms with van der Waals surface area (Å²) in [5.74, 6) is 1.63. The molecule has 0 amide bonds. The fraction of sp³-hybridized carbons (Fsp3) is 0. The zero-order chi connectivity index (χ0) is 49.8. The Morgan fingerprint density at radius 3 is 1.68 bits per heavy atom. The molecule has 0 unspecified atom stereocenters. The summed E-state index contributed by atoms with van der Waals surface area (Å²) >= 11 is 0. The Labute approximate surface area is 434 Å². The highest BCUT2D eigenvalue weighted by atomic mass is 16.3. The van der Waals surface area contributed by atoms with Gasteiger partial charge < -0.3 is 17.8 Å². The average molecular weight is 973 g/mol. The van der Waals surface area contributed by atoms with Gasteiger partial charge in [0, 0.05) is 76.6 Å². The summed E-state index contributed by atoms with van der Waals surface area (Å²) in [5.41, 5.74) is 17.1. The van der Waals surface area contributed by atoms with Gasteiger partial charge in [-0.05, 0) is 89.0 Å². The van der Waals surface area contributed by atoms with Crippen LogP contribution >= 0.6 is 0 Å². The highest BCUT2D eigenvalue weighted by Gasteiger charge is 2.24. The van der Waals surface area contributed by atoms with E-state index < -0.39 is 0 Å². The summed E-state index contributed by atoms with van der Waals surface area (Å²) in [6, 6.07) is 84.4. The Balaban J connectivity index is 0.885. The van der Waals surface area contributed by atoms with Crippen LogP contribution in [-0.4, -0.2) is 19.5 Å². The van der Waals surface area contributed by atoms with Crippen molar-refractivity contribution in [2.45, 2.75) is 0 Å². The van der Waals surface area contributed by atoms with Gasteiger partial charge in [0.25, 0.3) is 0 Å². The normalized spacial score (nSPS) is 11.9. The number of benzene rings is 11. The molecule has 16 rings (SSSR count). The summed E-state index contributed by atoms with van der Waals surface area (Å²) in [6.07, 6.45) is 0. The second kappa shape index (κ2) is 16.6. The largest absolute Gasteiger partial charge is 0.456 e. The molecule has 7 heteroatoms. The number of rotatable bonds is 7. The Bertz CT molecular complexity index is 4990. The maximum atomic E-state index is 7.00. The third-order valence-corrected chi connectivity index (χ3v) is 15.1. The molecule has 0 aliphatic rings. The van der Waals surface area contributed by atoms with Crippen LogP contribution in [0.2, 0.25) is 0 Å². The number of aromatic nitrogens is 4. The van der Waals surface area contributed by atoms with Gasteiger partial charge in [-0.15, -0.1) is 0 Å². The highest BCUT2D eigenvalue weighted by molar-refractivity contribution is 6.21. The van der Waals surface area contributed by atoms with Crippen molar-refractivity contribution in [3.8, 4) is 73.2 Å². The minimum absolute atomic E-state index is 0.533. The third-order valence-electron chi connectivity index (χ3n) is 15.1. The monoisotopic (exact) mass is 972 g/mol. The van der Waals surface area contributed by atoms with Crippen molar-refractivity contribution in [2.24, 2.45) is 0 Å². The van der Waals surface area contributed by atoms with E-state index in [1.54, 1.807) is 0 Å². The SMILES string of the molecule is c1ccc(-c2ccc(-c3nc(-c4ccc5c(c4)oc4ccccc45)nc(-c4cccc5oc6ccc(-c7ccc(-c8cccc9c%10ccccc%10n(-c%10ccccc%10)c89)c8oc9ccccc9c78)cc6c45)n3)cc2)cc1. The minimum atomic E-state index is 0.533. The number of nitrogens with zero attached hydrogens (tertiary/aromatic N) is 4. The lowest BCUT2D eigenvalue weighted by molar-refractivity contribution is 0.668. The molecular weight excluding hydrogens is 933 g/mol. The van der Waals surface area contributed by atoms with E-state index in [9.17, 15) is 0 Å². The van der Waals surface area contributed by atoms with Gasteiger partial charge in [0.05, 0.1) is 11.0 Å². The number of furan rings is 3. The lowest BCUT2D eigenvalue weighted by atomic mass is 9.93. The van der Waals surface area contributed by atoms with E-state index in [-0.39, 0.29) is 0 Å². The van der Waals surface area contributed by atoms with Crippen molar-refractivity contribution >= 4 is 87.6 Å². The van der Waals surface area contributed by atoms with E-state index in [4.69, 9.17) is 28.2 Å². The van der Waals surface area contributed by atoms with E-state index in [0.717, 1.165) is 133 Å². The van der Waals surface area contributed by atoms with Crippen molar-refractivity contribution in [2.75, 3.05) is 0 Å². The van der Waals surface area contributed by atoms with Crippen LogP contribution in [0, 0.1) is 0 Å². The topological polar surface area (TPSA) is 83.0 Å². The predicted molar refractivity (Wildman–Crippen MR) is 309 cm³/mol. The number of hydrogen-bond acceptors (Lipinski definition) is 6. The molecule has 0 aliphatic carbocycles. The second-order valence-corrected chi connectivity index (χ2v) is 19.4. The van der Waals surface area contributed by atoms with Crippen molar-refractivity contribution < 1.29 is 13.3 Å². The first kappa shape index (κ1) is 42.2. The number of fused-ring (bicyclic) bond motifs is 12. The molecule has 5 aromatic heterocycles. The number of para-hydroxylation sites is 5. The van der Waals surface area contributed by atoms with Crippen LogP contribution in [0.4, 0.5) is 0 Å². The highest BCUT2D eigenvalue weighted by Crippen LogP contribution is 2.47. The van der Waals surface area contributed by atoms with Crippen LogP contribution in [0.3, 0.4) is 0 Å². The first-order valence-electron chi connectivity index (χ1n) is 25.5. The van der Waals surface area contributed by atoms with Crippen LogP contribution < -0.4 is 0 Å². The molecule has 11 aromatic carbocycles. The van der Waals surface area contributed by atoms with Gasteiger partial charge in [-0.1, -0.05) is 176 Å². The van der Waals surface area contributed by atoms with Crippen molar-refractivity contribution in [3.63, 3.8) is 0 Å². The zero-order valence-corrected chi connectivity index (χ0v) is 40.6. The molecule has 0 fully saturated rings. The maximum Gasteiger partial charge on any atom is 0.164 e. The zero-order valence-electron chi connectivity index (χ0n) is 40.6. The van der Waals surface area contributed by atoms with E-state index in [1.807, 2.05) is 48.5 Å². The van der Waals surface area contributed by atoms with Gasteiger partial charge in [0.15, 0.2) is 17.5 Å². The Hall–Kier alpha value is -10.4.